The molecule has 0 saturated carbocycles. The van der Waals surface area contributed by atoms with E-state index in [4.69, 9.17) is 0 Å². The molecular weight excluding hydrogens is 356 g/mol. The molecule has 0 aromatic heterocycles. The third kappa shape index (κ3) is 23.4. The highest BCUT2D eigenvalue weighted by Crippen LogP contribution is 1.97. The second kappa shape index (κ2) is 23.4. The highest BCUT2D eigenvalue weighted by Gasteiger charge is 2.14. The molecule has 0 rings (SSSR count). The predicted molar refractivity (Wildman–Crippen MR) is 109 cm³/mol. The zero-order valence-corrected chi connectivity index (χ0v) is 11.8. The summed E-state index contributed by atoms with van der Waals surface area (Å²) in [5, 5.41) is 0. The van der Waals surface area contributed by atoms with Gasteiger partial charge in [0, 0.05) is 11.1 Å². The minimum Gasteiger partial charge on any atom is -0.427 e. The molecule has 0 aliphatic heterocycles. The van der Waals surface area contributed by atoms with Crippen LogP contribution in [0.2, 0.25) is 0 Å². The van der Waals surface area contributed by atoms with Gasteiger partial charge in [-0.3, -0.25) is 9.59 Å². The zero-order chi connectivity index (χ0) is 16.4. The Bertz CT molecular complexity index is 424. The van der Waals surface area contributed by atoms with Gasteiger partial charge < -0.3 is 18.9 Å². The first-order valence-electron chi connectivity index (χ1n) is 5.70. The quantitative estimate of drug-likeness (QED) is 0.257. The molecule has 0 aliphatic carbocycles. The molecule has 164 valence electrons. The summed E-state index contributed by atoms with van der Waals surface area (Å²) in [5.74, 6) is -3.37. The molecule has 27 heavy (non-hydrogen) atoms. The highest BCUT2D eigenvalue weighted by atomic mass is 16.7. The van der Waals surface area contributed by atoms with E-state index in [1.807, 2.05) is 0 Å². The minimum absolute atomic E-state index is 0. The van der Waals surface area contributed by atoms with Gasteiger partial charge in [-0.2, -0.15) is 0 Å². The lowest BCUT2D eigenvalue weighted by molar-refractivity contribution is -0.171. The lowest BCUT2D eigenvalue weighted by Crippen LogP contribution is -2.19. The van der Waals surface area contributed by atoms with Crippen molar-refractivity contribution in [3.8, 4) is 0 Å². The molecule has 8 nitrogen and oxygen atoms in total. The molecule has 0 unspecified atom stereocenters. The third-order valence-corrected chi connectivity index (χ3v) is 1.81. The Hall–Kier alpha value is -2.64. The highest BCUT2D eigenvalue weighted by molar-refractivity contribution is 5.91. The van der Waals surface area contributed by atoms with E-state index in [9.17, 15) is 19.2 Å². The average molecular weight is 397 g/mol. The Balaban J connectivity index is -0.000000133. The van der Waals surface area contributed by atoms with Crippen LogP contribution in [0, 0.1) is 0 Å². The van der Waals surface area contributed by atoms with Crippen molar-refractivity contribution in [1.82, 2.24) is 0 Å². The molecule has 0 atom stereocenters. The van der Waals surface area contributed by atoms with Crippen LogP contribution in [0.1, 0.15) is 64.8 Å². The van der Waals surface area contributed by atoms with Gasteiger partial charge in [-0.15, -0.1) is 0 Å². The van der Waals surface area contributed by atoms with E-state index in [1.165, 1.54) is 13.8 Å². The molecule has 0 aliphatic rings. The monoisotopic (exact) mass is 396 g/mol. The maximum atomic E-state index is 11.2. The second-order valence-electron chi connectivity index (χ2n) is 3.87. The molecule has 0 saturated heterocycles. The first kappa shape index (κ1) is 44.1. The molecule has 0 amide bonds. The van der Waals surface area contributed by atoms with Gasteiger partial charge in [0.1, 0.15) is 6.42 Å². The van der Waals surface area contributed by atoms with E-state index in [2.05, 4.69) is 32.1 Å². The van der Waals surface area contributed by atoms with Crippen LogP contribution in [0.3, 0.4) is 0 Å². The summed E-state index contributed by atoms with van der Waals surface area (Å²) in [5.41, 5.74) is 0.287. The Labute approximate surface area is 165 Å². The molecule has 0 heterocycles. The van der Waals surface area contributed by atoms with Crippen LogP contribution in [-0.2, 0) is 38.1 Å². The predicted octanol–water partition coefficient (Wildman–Crippen LogP) is 4.43. The number of hydrogen-bond donors (Lipinski definition) is 0. The summed E-state index contributed by atoms with van der Waals surface area (Å²) in [6, 6.07) is 0. The SMILES string of the molecule is C.C.C.C.C.C.C=C(C)C(=O)OCOC(=O)CC(=O)OCOC(=O)C(=C)C. The number of esters is 4. The summed E-state index contributed by atoms with van der Waals surface area (Å²) in [6.07, 6.45) is -0.713. The molecule has 0 bridgehead atoms. The van der Waals surface area contributed by atoms with Crippen molar-refractivity contribution in [3.05, 3.63) is 24.3 Å². The molecule has 0 N–H and O–H groups in total. The van der Waals surface area contributed by atoms with Crippen molar-refractivity contribution in [2.24, 2.45) is 0 Å². The fourth-order valence-electron chi connectivity index (χ4n) is 0.764. The lowest BCUT2D eigenvalue weighted by Gasteiger charge is -2.07. The van der Waals surface area contributed by atoms with Crippen LogP contribution in [0.4, 0.5) is 0 Å². The van der Waals surface area contributed by atoms with Gasteiger partial charge in [-0.1, -0.05) is 57.7 Å². The standard InChI is InChI=1S/C13H16O8.6CH4/c1-8(2)12(16)20-6-18-10(14)5-11(15)19-7-21-13(17)9(3)4;;;;;;/h1,3,5-7H2,2,4H3;6*1H4. The van der Waals surface area contributed by atoms with Crippen LogP contribution in [0.5, 0.6) is 0 Å². The summed E-state index contributed by atoms with van der Waals surface area (Å²) < 4.78 is 17.9. The smallest absolute Gasteiger partial charge is 0.335 e. The van der Waals surface area contributed by atoms with E-state index >= 15 is 0 Å². The number of carbonyl (C=O) groups is 4. The lowest BCUT2D eigenvalue weighted by atomic mass is 10.4. The Morgan fingerprint density at radius 2 is 0.852 bits per heavy atom. The first-order chi connectivity index (χ1) is 9.73. The fraction of sp³-hybridized carbons (Fsp3) is 0.579. The van der Waals surface area contributed by atoms with E-state index in [1.54, 1.807) is 0 Å². The fourth-order valence-corrected chi connectivity index (χ4v) is 0.764. The van der Waals surface area contributed by atoms with Gasteiger partial charge in [0.25, 0.3) is 0 Å². The van der Waals surface area contributed by atoms with Gasteiger partial charge in [0.05, 0.1) is 0 Å². The van der Waals surface area contributed by atoms with Crippen molar-refractivity contribution < 1.29 is 38.1 Å². The summed E-state index contributed by atoms with van der Waals surface area (Å²) >= 11 is 0. The van der Waals surface area contributed by atoms with Crippen molar-refractivity contribution in [2.75, 3.05) is 13.6 Å². The Kier molecular flexibility index (Phi) is 38.2. The maximum Gasteiger partial charge on any atom is 0.335 e. The van der Waals surface area contributed by atoms with E-state index in [0.717, 1.165) is 0 Å². The maximum absolute atomic E-state index is 11.2. The van der Waals surface area contributed by atoms with Crippen molar-refractivity contribution >= 4 is 23.9 Å². The number of hydrogen-bond acceptors (Lipinski definition) is 8. The molecule has 0 fully saturated rings. The van der Waals surface area contributed by atoms with E-state index in [0.29, 0.717) is 0 Å². The summed E-state index contributed by atoms with van der Waals surface area (Å²) in [4.78, 5) is 44.2. The molecule has 0 aromatic rings. The van der Waals surface area contributed by atoms with Gasteiger partial charge in [0.15, 0.2) is 0 Å². The van der Waals surface area contributed by atoms with Crippen LogP contribution < -0.4 is 0 Å². The van der Waals surface area contributed by atoms with Crippen LogP contribution in [0.15, 0.2) is 24.3 Å². The van der Waals surface area contributed by atoms with Crippen LogP contribution in [0.25, 0.3) is 0 Å². The van der Waals surface area contributed by atoms with E-state index < -0.39 is 43.9 Å². The number of carbonyl (C=O) groups excluding carboxylic acids is 4. The van der Waals surface area contributed by atoms with Crippen molar-refractivity contribution in [3.63, 3.8) is 0 Å². The molecular formula is C19H40O8. The Morgan fingerprint density at radius 1 is 0.593 bits per heavy atom. The van der Waals surface area contributed by atoms with E-state index in [-0.39, 0.29) is 55.7 Å². The molecule has 0 radical (unpaired) electrons. The molecule has 0 aromatic carbocycles. The van der Waals surface area contributed by atoms with Crippen LogP contribution in [-0.4, -0.2) is 37.5 Å². The molecule has 8 heteroatoms. The third-order valence-electron chi connectivity index (χ3n) is 1.81. The minimum atomic E-state index is -0.958. The zero-order valence-electron chi connectivity index (χ0n) is 11.8. The van der Waals surface area contributed by atoms with Gasteiger partial charge in [0.2, 0.25) is 13.6 Å². The average Bonchev–Trinajstić information content (AvgIpc) is 2.37. The first-order valence-corrected chi connectivity index (χ1v) is 5.70. The largest absolute Gasteiger partial charge is 0.427 e. The van der Waals surface area contributed by atoms with Gasteiger partial charge in [-0.25, -0.2) is 9.59 Å². The number of rotatable bonds is 8. The van der Waals surface area contributed by atoms with Crippen molar-refractivity contribution in [2.45, 2.75) is 64.8 Å². The van der Waals surface area contributed by atoms with Crippen molar-refractivity contribution in [1.29, 1.82) is 0 Å². The van der Waals surface area contributed by atoms with Gasteiger partial charge >= 0.3 is 23.9 Å². The van der Waals surface area contributed by atoms with Crippen LogP contribution >= 0.6 is 0 Å². The molecule has 0 spiro atoms. The topological polar surface area (TPSA) is 105 Å². The summed E-state index contributed by atoms with van der Waals surface area (Å²) in [7, 11) is 0. The normalized spacial score (nSPS) is 7.19. The number of ether oxygens (including phenoxy) is 4. The Morgan fingerprint density at radius 3 is 1.07 bits per heavy atom. The summed E-state index contributed by atoms with van der Waals surface area (Å²) in [6.45, 7) is 8.23. The van der Waals surface area contributed by atoms with Gasteiger partial charge in [-0.05, 0) is 13.8 Å². The second-order valence-corrected chi connectivity index (χ2v) is 3.87.